The molecule has 1 N–H and O–H groups in total. The summed E-state index contributed by atoms with van der Waals surface area (Å²) in [6, 6.07) is 0.435. The minimum atomic E-state index is -3.04. The molecule has 120 valence electrons. The van der Waals surface area contributed by atoms with Crippen LogP contribution in [0.2, 0.25) is 0 Å². The summed E-state index contributed by atoms with van der Waals surface area (Å²) in [6.07, 6.45) is 5.52. The molecule has 1 heterocycles. The number of piperidine rings is 1. The number of nitrogens with zero attached hydrogens (tertiary/aromatic N) is 1. The van der Waals surface area contributed by atoms with E-state index in [1.54, 1.807) is 11.4 Å². The van der Waals surface area contributed by atoms with E-state index >= 15 is 0 Å². The van der Waals surface area contributed by atoms with Crippen molar-refractivity contribution in [3.05, 3.63) is 0 Å². The summed E-state index contributed by atoms with van der Waals surface area (Å²) in [5, 5.41) is 3.37. The SMILES string of the molecule is CNC(CC(C)COC)CC1CCCN(S(C)(=O)=O)C1. The zero-order chi connectivity index (χ0) is 15.2. The summed E-state index contributed by atoms with van der Waals surface area (Å²) in [7, 11) is 0.680. The van der Waals surface area contributed by atoms with Crippen LogP contribution in [-0.2, 0) is 14.8 Å². The normalized spacial score (nSPS) is 24.5. The Morgan fingerprint density at radius 3 is 2.70 bits per heavy atom. The van der Waals surface area contributed by atoms with Crippen molar-refractivity contribution < 1.29 is 13.2 Å². The van der Waals surface area contributed by atoms with Gasteiger partial charge in [-0.3, -0.25) is 0 Å². The first-order valence-electron chi connectivity index (χ1n) is 7.48. The lowest BCUT2D eigenvalue weighted by molar-refractivity contribution is 0.144. The summed E-state index contributed by atoms with van der Waals surface area (Å²) in [5.41, 5.74) is 0. The van der Waals surface area contributed by atoms with Gasteiger partial charge in [0, 0.05) is 32.8 Å². The van der Waals surface area contributed by atoms with Crippen LogP contribution in [0.5, 0.6) is 0 Å². The molecule has 1 aliphatic heterocycles. The van der Waals surface area contributed by atoms with Gasteiger partial charge in [-0.2, -0.15) is 0 Å². The number of ether oxygens (including phenoxy) is 1. The number of rotatable bonds is 8. The van der Waals surface area contributed by atoms with Crippen LogP contribution in [0.4, 0.5) is 0 Å². The maximum atomic E-state index is 11.6. The van der Waals surface area contributed by atoms with E-state index in [2.05, 4.69) is 12.2 Å². The van der Waals surface area contributed by atoms with E-state index in [0.717, 1.165) is 32.3 Å². The van der Waals surface area contributed by atoms with Gasteiger partial charge in [0.25, 0.3) is 0 Å². The van der Waals surface area contributed by atoms with Crippen LogP contribution < -0.4 is 5.32 Å². The van der Waals surface area contributed by atoms with Gasteiger partial charge >= 0.3 is 0 Å². The van der Waals surface area contributed by atoms with E-state index in [4.69, 9.17) is 4.74 Å². The summed E-state index contributed by atoms with van der Waals surface area (Å²) < 4.78 is 30.1. The van der Waals surface area contributed by atoms with E-state index in [1.165, 1.54) is 6.26 Å². The standard InChI is InChI=1S/C14H30N2O3S/c1-12(11-19-3)8-14(15-2)9-13-6-5-7-16(10-13)20(4,17)18/h12-15H,5-11H2,1-4H3. The summed E-state index contributed by atoms with van der Waals surface area (Å²) in [5.74, 6) is 0.984. The molecule has 0 aliphatic carbocycles. The first-order valence-corrected chi connectivity index (χ1v) is 9.33. The highest BCUT2D eigenvalue weighted by molar-refractivity contribution is 7.88. The Morgan fingerprint density at radius 1 is 1.45 bits per heavy atom. The van der Waals surface area contributed by atoms with Gasteiger partial charge in [-0.1, -0.05) is 6.92 Å². The second kappa shape index (κ2) is 8.32. The van der Waals surface area contributed by atoms with Gasteiger partial charge < -0.3 is 10.1 Å². The van der Waals surface area contributed by atoms with Crippen LogP contribution in [-0.4, -0.2) is 58.9 Å². The molecular formula is C14H30N2O3S. The highest BCUT2D eigenvalue weighted by Crippen LogP contribution is 2.24. The van der Waals surface area contributed by atoms with Crippen molar-refractivity contribution in [2.24, 2.45) is 11.8 Å². The van der Waals surface area contributed by atoms with Crippen molar-refractivity contribution in [2.45, 2.75) is 38.6 Å². The quantitative estimate of drug-likeness (QED) is 0.734. The number of methoxy groups -OCH3 is 1. The molecule has 6 heteroatoms. The molecule has 0 aromatic heterocycles. The highest BCUT2D eigenvalue weighted by atomic mass is 32.2. The summed E-state index contributed by atoms with van der Waals surface area (Å²) in [4.78, 5) is 0. The first-order chi connectivity index (χ1) is 9.36. The number of hydrogen-bond acceptors (Lipinski definition) is 4. The predicted molar refractivity (Wildman–Crippen MR) is 82.3 cm³/mol. The second-order valence-electron chi connectivity index (χ2n) is 6.15. The fourth-order valence-corrected chi connectivity index (χ4v) is 4.04. The van der Waals surface area contributed by atoms with Gasteiger partial charge in [0.15, 0.2) is 0 Å². The molecule has 0 amide bonds. The maximum absolute atomic E-state index is 11.6. The average Bonchev–Trinajstić information content (AvgIpc) is 2.37. The van der Waals surface area contributed by atoms with E-state index in [0.29, 0.717) is 31.0 Å². The molecule has 1 saturated heterocycles. The molecule has 0 aromatic rings. The molecule has 5 nitrogen and oxygen atoms in total. The average molecular weight is 306 g/mol. The third-order valence-electron chi connectivity index (χ3n) is 4.11. The lowest BCUT2D eigenvalue weighted by Crippen LogP contribution is -2.41. The number of hydrogen-bond donors (Lipinski definition) is 1. The number of sulfonamides is 1. The van der Waals surface area contributed by atoms with E-state index in [1.807, 2.05) is 7.05 Å². The Bertz CT molecular complexity index is 373. The monoisotopic (exact) mass is 306 g/mol. The van der Waals surface area contributed by atoms with Crippen molar-refractivity contribution in [1.29, 1.82) is 0 Å². The molecule has 1 rings (SSSR count). The van der Waals surface area contributed by atoms with Gasteiger partial charge in [0.1, 0.15) is 0 Å². The summed E-state index contributed by atoms with van der Waals surface area (Å²) in [6.45, 7) is 4.32. The van der Waals surface area contributed by atoms with Gasteiger partial charge in [0.2, 0.25) is 10.0 Å². The second-order valence-corrected chi connectivity index (χ2v) is 8.13. The molecule has 20 heavy (non-hydrogen) atoms. The highest BCUT2D eigenvalue weighted by Gasteiger charge is 2.27. The molecule has 3 atom stereocenters. The summed E-state index contributed by atoms with van der Waals surface area (Å²) >= 11 is 0. The van der Waals surface area contributed by atoms with Crippen LogP contribution in [0.25, 0.3) is 0 Å². The first kappa shape index (κ1) is 17.9. The molecular weight excluding hydrogens is 276 g/mol. The molecule has 0 bridgehead atoms. The van der Waals surface area contributed by atoms with Crippen LogP contribution in [0.15, 0.2) is 0 Å². The van der Waals surface area contributed by atoms with E-state index < -0.39 is 10.0 Å². The van der Waals surface area contributed by atoms with Crippen molar-refractivity contribution in [1.82, 2.24) is 9.62 Å². The lowest BCUT2D eigenvalue weighted by Gasteiger charge is -2.33. The lowest BCUT2D eigenvalue weighted by atomic mass is 9.89. The predicted octanol–water partition coefficient (Wildman–Crippen LogP) is 1.31. The Morgan fingerprint density at radius 2 is 2.15 bits per heavy atom. The minimum Gasteiger partial charge on any atom is -0.384 e. The minimum absolute atomic E-state index is 0.435. The Balaban J connectivity index is 2.48. The molecule has 0 saturated carbocycles. The third kappa shape index (κ3) is 6.08. The third-order valence-corrected chi connectivity index (χ3v) is 5.38. The van der Waals surface area contributed by atoms with Crippen molar-refractivity contribution in [2.75, 3.05) is 40.1 Å². The fraction of sp³-hybridized carbons (Fsp3) is 1.00. The molecule has 1 fully saturated rings. The Hall–Kier alpha value is -0.170. The molecule has 1 aliphatic rings. The van der Waals surface area contributed by atoms with Gasteiger partial charge in [-0.05, 0) is 44.6 Å². The van der Waals surface area contributed by atoms with Crippen LogP contribution >= 0.6 is 0 Å². The Kier molecular flexibility index (Phi) is 7.43. The van der Waals surface area contributed by atoms with Gasteiger partial charge in [-0.25, -0.2) is 12.7 Å². The van der Waals surface area contributed by atoms with Crippen LogP contribution in [0.3, 0.4) is 0 Å². The smallest absolute Gasteiger partial charge is 0.211 e. The zero-order valence-electron chi connectivity index (χ0n) is 13.3. The maximum Gasteiger partial charge on any atom is 0.211 e. The Labute approximate surface area is 124 Å². The zero-order valence-corrected chi connectivity index (χ0v) is 14.1. The fourth-order valence-electron chi connectivity index (χ4n) is 3.09. The van der Waals surface area contributed by atoms with Crippen LogP contribution in [0.1, 0.15) is 32.6 Å². The van der Waals surface area contributed by atoms with E-state index in [9.17, 15) is 8.42 Å². The van der Waals surface area contributed by atoms with Crippen molar-refractivity contribution in [3.8, 4) is 0 Å². The van der Waals surface area contributed by atoms with Crippen molar-refractivity contribution in [3.63, 3.8) is 0 Å². The van der Waals surface area contributed by atoms with Gasteiger partial charge in [-0.15, -0.1) is 0 Å². The number of nitrogens with one attached hydrogen (secondary N) is 1. The van der Waals surface area contributed by atoms with E-state index in [-0.39, 0.29) is 0 Å². The molecule has 0 aromatic carbocycles. The van der Waals surface area contributed by atoms with Gasteiger partial charge in [0.05, 0.1) is 6.26 Å². The molecule has 0 spiro atoms. The largest absolute Gasteiger partial charge is 0.384 e. The van der Waals surface area contributed by atoms with Crippen LogP contribution in [0, 0.1) is 11.8 Å². The van der Waals surface area contributed by atoms with Crippen molar-refractivity contribution >= 4 is 10.0 Å². The molecule has 0 radical (unpaired) electrons. The topological polar surface area (TPSA) is 58.6 Å². The molecule has 3 unspecified atom stereocenters.